The maximum Gasteiger partial charge on any atom is 0.156 e. The molecule has 63 valence electrons. The summed E-state index contributed by atoms with van der Waals surface area (Å²) in [6.45, 7) is 3.66. The number of rotatable bonds is 3. The first-order valence-electron chi connectivity index (χ1n) is 3.48. The van der Waals surface area contributed by atoms with Crippen LogP contribution in [-0.4, -0.2) is 17.4 Å². The minimum Gasteiger partial charge on any atom is -0.363 e. The van der Waals surface area contributed by atoms with E-state index in [1.807, 2.05) is 0 Å². The van der Waals surface area contributed by atoms with Gasteiger partial charge in [-0.05, 0) is 19.1 Å². The quantitative estimate of drug-likeness (QED) is 0.493. The highest BCUT2D eigenvalue weighted by molar-refractivity contribution is 5.64. The van der Waals surface area contributed by atoms with Crippen molar-refractivity contribution in [1.82, 2.24) is 4.98 Å². The van der Waals surface area contributed by atoms with Gasteiger partial charge in [0.15, 0.2) is 6.29 Å². The van der Waals surface area contributed by atoms with Gasteiger partial charge in [-0.3, -0.25) is 9.78 Å². The third-order valence-electron chi connectivity index (χ3n) is 1.36. The molecular formula is C8H10N3O. The fraction of sp³-hybridized carbons (Fsp3) is 0.125. The Labute approximate surface area is 70.8 Å². The molecule has 4 heteroatoms. The van der Waals surface area contributed by atoms with Crippen molar-refractivity contribution in [1.29, 1.82) is 0 Å². The summed E-state index contributed by atoms with van der Waals surface area (Å²) in [6, 6.07) is 3.51. The van der Waals surface area contributed by atoms with Crippen molar-refractivity contribution in [3.05, 3.63) is 30.9 Å². The Bertz CT molecular complexity index is 275. The zero-order chi connectivity index (χ0) is 8.97. The molecule has 3 N–H and O–H groups in total. The summed E-state index contributed by atoms with van der Waals surface area (Å²) in [4.78, 5) is 14.1. The van der Waals surface area contributed by atoms with E-state index in [1.165, 1.54) is 0 Å². The van der Waals surface area contributed by atoms with Crippen LogP contribution in [0.3, 0.4) is 0 Å². The molecule has 0 aromatic carbocycles. The van der Waals surface area contributed by atoms with Crippen molar-refractivity contribution in [3.63, 3.8) is 0 Å². The average Bonchev–Trinajstić information content (AvgIpc) is 2.09. The van der Waals surface area contributed by atoms with Crippen LogP contribution in [0.5, 0.6) is 0 Å². The van der Waals surface area contributed by atoms with Crippen molar-refractivity contribution in [2.75, 3.05) is 5.32 Å². The SMILES string of the molecule is [CH2]c1ncccc1N[C@H](N)C=O. The summed E-state index contributed by atoms with van der Waals surface area (Å²) in [5, 5.41) is 2.74. The van der Waals surface area contributed by atoms with Crippen LogP contribution in [0.25, 0.3) is 0 Å². The predicted octanol–water partition coefficient (Wildman–Crippen LogP) is 0.159. The standard InChI is InChI=1S/C8H10N3O/c1-6-7(3-2-4-10-6)11-8(9)5-12/h2-5,8,11H,1,9H2/t8-/m0/s1. The molecule has 0 unspecified atom stereocenters. The van der Waals surface area contributed by atoms with Crippen LogP contribution in [0.15, 0.2) is 18.3 Å². The van der Waals surface area contributed by atoms with Crippen molar-refractivity contribution >= 4 is 12.0 Å². The second kappa shape index (κ2) is 3.82. The number of hydrogen-bond acceptors (Lipinski definition) is 4. The molecule has 0 saturated carbocycles. The first kappa shape index (κ1) is 8.67. The van der Waals surface area contributed by atoms with E-state index in [2.05, 4.69) is 17.2 Å². The third kappa shape index (κ3) is 2.03. The Morgan fingerprint density at radius 1 is 1.75 bits per heavy atom. The summed E-state index contributed by atoms with van der Waals surface area (Å²) in [5.74, 6) is 0. The van der Waals surface area contributed by atoms with E-state index in [9.17, 15) is 4.79 Å². The summed E-state index contributed by atoms with van der Waals surface area (Å²) >= 11 is 0. The maximum atomic E-state index is 10.2. The van der Waals surface area contributed by atoms with Crippen LogP contribution in [0.2, 0.25) is 0 Å². The summed E-state index contributed by atoms with van der Waals surface area (Å²) in [6.07, 6.45) is 1.54. The molecule has 0 bridgehead atoms. The lowest BCUT2D eigenvalue weighted by Crippen LogP contribution is -2.31. The molecule has 1 aromatic rings. The Morgan fingerprint density at radius 3 is 3.08 bits per heavy atom. The van der Waals surface area contributed by atoms with E-state index >= 15 is 0 Å². The second-order valence-electron chi connectivity index (χ2n) is 2.30. The number of nitrogens with one attached hydrogen (secondary N) is 1. The molecule has 0 aliphatic rings. The number of anilines is 1. The molecule has 1 heterocycles. The maximum absolute atomic E-state index is 10.2. The highest BCUT2D eigenvalue weighted by Crippen LogP contribution is 2.09. The minimum absolute atomic E-state index is 0.579. The van der Waals surface area contributed by atoms with Gasteiger partial charge in [-0.25, -0.2) is 0 Å². The Kier molecular flexibility index (Phi) is 2.76. The summed E-state index contributed by atoms with van der Waals surface area (Å²) in [5.41, 5.74) is 6.60. The highest BCUT2D eigenvalue weighted by Gasteiger charge is 2.01. The number of pyridine rings is 1. The van der Waals surface area contributed by atoms with Gasteiger partial charge in [-0.2, -0.15) is 0 Å². The molecule has 0 amide bonds. The number of aldehydes is 1. The first-order valence-corrected chi connectivity index (χ1v) is 3.48. The van der Waals surface area contributed by atoms with Crippen LogP contribution >= 0.6 is 0 Å². The topological polar surface area (TPSA) is 68.0 Å². The van der Waals surface area contributed by atoms with Crippen molar-refractivity contribution < 1.29 is 4.79 Å². The van der Waals surface area contributed by atoms with Gasteiger partial charge < -0.3 is 11.1 Å². The first-order chi connectivity index (χ1) is 5.74. The average molecular weight is 164 g/mol. The lowest BCUT2D eigenvalue weighted by Gasteiger charge is -2.09. The van der Waals surface area contributed by atoms with Crippen LogP contribution < -0.4 is 11.1 Å². The van der Waals surface area contributed by atoms with Gasteiger partial charge in [0, 0.05) is 6.20 Å². The molecule has 1 rings (SSSR count). The number of nitrogens with zero attached hydrogens (tertiary/aromatic N) is 1. The second-order valence-corrected chi connectivity index (χ2v) is 2.30. The van der Waals surface area contributed by atoms with E-state index < -0.39 is 6.17 Å². The molecule has 12 heavy (non-hydrogen) atoms. The largest absolute Gasteiger partial charge is 0.363 e. The lowest BCUT2D eigenvalue weighted by atomic mass is 10.3. The number of nitrogens with two attached hydrogens (primary N) is 1. The minimum atomic E-state index is -0.699. The monoisotopic (exact) mass is 164 g/mol. The van der Waals surface area contributed by atoms with Crippen LogP contribution in [-0.2, 0) is 4.79 Å². The molecule has 0 fully saturated rings. The van der Waals surface area contributed by atoms with Crippen molar-refractivity contribution in [2.45, 2.75) is 6.17 Å². The highest BCUT2D eigenvalue weighted by atomic mass is 16.1. The van der Waals surface area contributed by atoms with E-state index in [0.717, 1.165) is 0 Å². The molecule has 1 radical (unpaired) electrons. The van der Waals surface area contributed by atoms with Gasteiger partial charge in [0.2, 0.25) is 0 Å². The third-order valence-corrected chi connectivity index (χ3v) is 1.36. The number of hydrogen-bond donors (Lipinski definition) is 2. The molecule has 1 atom stereocenters. The van der Waals surface area contributed by atoms with E-state index in [-0.39, 0.29) is 0 Å². The fourth-order valence-electron chi connectivity index (χ4n) is 0.783. The van der Waals surface area contributed by atoms with Gasteiger partial charge in [0.1, 0.15) is 6.17 Å². The van der Waals surface area contributed by atoms with Crippen molar-refractivity contribution in [2.24, 2.45) is 5.73 Å². The van der Waals surface area contributed by atoms with Crippen LogP contribution in [0.4, 0.5) is 5.69 Å². The molecule has 1 aromatic heterocycles. The zero-order valence-electron chi connectivity index (χ0n) is 6.53. The normalized spacial score (nSPS) is 12.2. The predicted molar refractivity (Wildman–Crippen MR) is 46.4 cm³/mol. The Hall–Kier alpha value is -1.42. The summed E-state index contributed by atoms with van der Waals surface area (Å²) in [7, 11) is 0. The Balaban J connectivity index is 2.75. The van der Waals surface area contributed by atoms with E-state index in [4.69, 9.17) is 5.73 Å². The van der Waals surface area contributed by atoms with Crippen molar-refractivity contribution in [3.8, 4) is 0 Å². The van der Waals surface area contributed by atoms with Gasteiger partial charge in [0.25, 0.3) is 0 Å². The van der Waals surface area contributed by atoms with E-state index in [1.54, 1.807) is 18.3 Å². The fourth-order valence-corrected chi connectivity index (χ4v) is 0.783. The van der Waals surface area contributed by atoms with Crippen LogP contribution in [0, 0.1) is 6.92 Å². The van der Waals surface area contributed by atoms with Gasteiger partial charge in [0.05, 0.1) is 11.4 Å². The summed E-state index contributed by atoms with van der Waals surface area (Å²) < 4.78 is 0. The van der Waals surface area contributed by atoms with Gasteiger partial charge in [-0.1, -0.05) is 0 Å². The molecule has 0 spiro atoms. The number of aromatic nitrogens is 1. The van der Waals surface area contributed by atoms with Gasteiger partial charge >= 0.3 is 0 Å². The number of carbonyl (C=O) groups excluding carboxylic acids is 1. The molecule has 0 aliphatic heterocycles. The molecule has 0 saturated heterocycles. The molecular weight excluding hydrogens is 154 g/mol. The lowest BCUT2D eigenvalue weighted by molar-refractivity contribution is -0.108. The number of carbonyl (C=O) groups is 1. The molecule has 4 nitrogen and oxygen atoms in total. The smallest absolute Gasteiger partial charge is 0.156 e. The Morgan fingerprint density at radius 2 is 2.50 bits per heavy atom. The van der Waals surface area contributed by atoms with Gasteiger partial charge in [-0.15, -0.1) is 0 Å². The zero-order valence-corrected chi connectivity index (χ0v) is 6.53. The van der Waals surface area contributed by atoms with Crippen LogP contribution in [0.1, 0.15) is 5.69 Å². The molecule has 0 aliphatic carbocycles. The van der Waals surface area contributed by atoms with E-state index in [0.29, 0.717) is 17.7 Å².